The average molecular weight is 267 g/mol. The Labute approximate surface area is 116 Å². The normalized spacial score (nSPS) is 7.88. The van der Waals surface area contributed by atoms with Crippen LogP contribution >= 0.6 is 0 Å². The fraction of sp³-hybridized carbons (Fsp3) is 1.00. The van der Waals surface area contributed by atoms with E-state index >= 15 is 0 Å². The summed E-state index contributed by atoms with van der Waals surface area (Å²) >= 11 is 0. The van der Waals surface area contributed by atoms with Crippen LogP contribution in [0.5, 0.6) is 0 Å². The van der Waals surface area contributed by atoms with Crippen molar-refractivity contribution in [2.75, 3.05) is 19.8 Å². The molecular formula is C12H27O3Ti-. The van der Waals surface area contributed by atoms with Crippen LogP contribution in [0.15, 0.2) is 0 Å². The fourth-order valence-corrected chi connectivity index (χ4v) is 0.433. The summed E-state index contributed by atoms with van der Waals surface area (Å²) in [5.74, 6) is 0. The molecule has 16 heavy (non-hydrogen) atoms. The summed E-state index contributed by atoms with van der Waals surface area (Å²) in [4.78, 5) is 0. The Morgan fingerprint density at radius 1 is 0.562 bits per heavy atom. The molecule has 4 heteroatoms. The molecule has 0 saturated carbocycles. The smallest absolute Gasteiger partial charge is 0.854 e. The fourth-order valence-electron chi connectivity index (χ4n) is 0.433. The van der Waals surface area contributed by atoms with E-state index in [4.69, 9.17) is 0 Å². The van der Waals surface area contributed by atoms with Gasteiger partial charge in [-0.1, -0.05) is 59.3 Å². The van der Waals surface area contributed by atoms with E-state index in [1.807, 2.05) is 20.8 Å². The van der Waals surface area contributed by atoms with E-state index in [0.29, 0.717) is 0 Å². The molecule has 0 bridgehead atoms. The van der Waals surface area contributed by atoms with Gasteiger partial charge in [0.2, 0.25) is 0 Å². The van der Waals surface area contributed by atoms with E-state index in [0.717, 1.165) is 38.5 Å². The van der Waals surface area contributed by atoms with Crippen molar-refractivity contribution < 1.29 is 37.0 Å². The Morgan fingerprint density at radius 2 is 0.750 bits per heavy atom. The van der Waals surface area contributed by atoms with Crippen LogP contribution in [0.3, 0.4) is 0 Å². The van der Waals surface area contributed by atoms with Crippen LogP contribution in [0.1, 0.15) is 59.3 Å². The maximum Gasteiger partial charge on any atom is 2.00 e. The number of hydrogen-bond acceptors (Lipinski definition) is 3. The summed E-state index contributed by atoms with van der Waals surface area (Å²) < 4.78 is 0. The standard InChI is InChI=1S/3C4H9O.Ti/c3*1-2-3-4-5;/h3*2-4H2,1H3;/q3*-1;+2. The zero-order valence-corrected chi connectivity index (χ0v) is 12.7. The topological polar surface area (TPSA) is 69.2 Å². The molecule has 0 heterocycles. The van der Waals surface area contributed by atoms with Crippen molar-refractivity contribution in [2.45, 2.75) is 59.3 Å². The van der Waals surface area contributed by atoms with Gasteiger partial charge >= 0.3 is 21.7 Å². The van der Waals surface area contributed by atoms with Crippen molar-refractivity contribution >= 4 is 0 Å². The monoisotopic (exact) mass is 267 g/mol. The van der Waals surface area contributed by atoms with E-state index in [1.54, 1.807) is 0 Å². The van der Waals surface area contributed by atoms with Gasteiger partial charge in [-0.05, 0) is 0 Å². The van der Waals surface area contributed by atoms with Gasteiger partial charge in [0, 0.05) is 0 Å². The first-order chi connectivity index (χ1) is 7.24. The first kappa shape index (κ1) is 25.4. The summed E-state index contributed by atoms with van der Waals surface area (Å²) in [6.07, 6.45) is 5.59. The zero-order chi connectivity index (χ0) is 12.4. The van der Waals surface area contributed by atoms with Gasteiger partial charge in [0.25, 0.3) is 0 Å². The van der Waals surface area contributed by atoms with Gasteiger partial charge in [-0.2, -0.15) is 0 Å². The van der Waals surface area contributed by atoms with Crippen molar-refractivity contribution in [2.24, 2.45) is 0 Å². The van der Waals surface area contributed by atoms with Crippen molar-refractivity contribution in [1.82, 2.24) is 0 Å². The SMILES string of the molecule is CCCC[O-].CCCC[O-].CCCC[O-].[Ti+2]. The molecule has 0 atom stereocenters. The van der Waals surface area contributed by atoms with E-state index < -0.39 is 0 Å². The van der Waals surface area contributed by atoms with Crippen LogP contribution in [-0.2, 0) is 21.7 Å². The van der Waals surface area contributed by atoms with E-state index in [-0.39, 0.29) is 41.5 Å². The van der Waals surface area contributed by atoms with Crippen LogP contribution in [-0.4, -0.2) is 19.8 Å². The van der Waals surface area contributed by atoms with Crippen molar-refractivity contribution in [3.05, 3.63) is 0 Å². The molecule has 0 unspecified atom stereocenters. The molecule has 0 aromatic rings. The van der Waals surface area contributed by atoms with Crippen LogP contribution in [0.25, 0.3) is 0 Å². The zero-order valence-electron chi connectivity index (χ0n) is 11.1. The van der Waals surface area contributed by atoms with Gasteiger partial charge < -0.3 is 15.3 Å². The Kier molecular flexibility index (Phi) is 57.4. The molecule has 0 aliphatic heterocycles. The Morgan fingerprint density at radius 3 is 0.750 bits per heavy atom. The molecule has 0 spiro atoms. The Balaban J connectivity index is -0.0000000655. The Bertz CT molecular complexity index is 53.0. The molecule has 0 aliphatic rings. The number of unbranched alkanes of at least 4 members (excludes halogenated alkanes) is 3. The van der Waals surface area contributed by atoms with Crippen LogP contribution in [0.4, 0.5) is 0 Å². The number of hydrogen-bond donors (Lipinski definition) is 0. The Hall–Kier alpha value is 0.594. The molecule has 0 aromatic carbocycles. The van der Waals surface area contributed by atoms with Gasteiger partial charge in [-0.25, -0.2) is 0 Å². The summed E-state index contributed by atoms with van der Waals surface area (Å²) in [5, 5.41) is 28.6. The third-order valence-corrected chi connectivity index (χ3v) is 1.49. The maximum atomic E-state index is 9.53. The minimum absolute atomic E-state index is 0. The minimum atomic E-state index is 0. The molecule has 0 rings (SSSR count). The molecule has 0 saturated heterocycles. The predicted molar refractivity (Wildman–Crippen MR) is 59.3 cm³/mol. The summed E-state index contributed by atoms with van der Waals surface area (Å²) in [6.45, 7) is 6.32. The predicted octanol–water partition coefficient (Wildman–Crippen LogP) is 0.438. The molecular weight excluding hydrogens is 240 g/mol. The van der Waals surface area contributed by atoms with E-state index in [2.05, 4.69) is 0 Å². The molecule has 3 nitrogen and oxygen atoms in total. The average Bonchev–Trinajstić information content (AvgIpc) is 2.23. The van der Waals surface area contributed by atoms with Crippen LogP contribution in [0.2, 0.25) is 0 Å². The molecule has 0 aliphatic carbocycles. The maximum absolute atomic E-state index is 9.53. The van der Waals surface area contributed by atoms with Gasteiger partial charge in [-0.3, -0.25) is 0 Å². The largest absolute Gasteiger partial charge is 2.00 e. The second-order valence-electron chi connectivity index (χ2n) is 3.17. The van der Waals surface area contributed by atoms with Crippen molar-refractivity contribution in [1.29, 1.82) is 0 Å². The number of rotatable bonds is 6. The van der Waals surface area contributed by atoms with Crippen LogP contribution < -0.4 is 15.3 Å². The third kappa shape index (κ3) is 62.0. The van der Waals surface area contributed by atoms with Crippen LogP contribution in [0, 0.1) is 0 Å². The van der Waals surface area contributed by atoms with Crippen molar-refractivity contribution in [3.8, 4) is 0 Å². The quantitative estimate of drug-likeness (QED) is 0.656. The second kappa shape index (κ2) is 36.1. The molecule has 98 valence electrons. The van der Waals surface area contributed by atoms with Gasteiger partial charge in [0.15, 0.2) is 0 Å². The molecule has 0 radical (unpaired) electrons. The third-order valence-electron chi connectivity index (χ3n) is 1.49. The molecule has 0 N–H and O–H groups in total. The van der Waals surface area contributed by atoms with Gasteiger partial charge in [0.1, 0.15) is 0 Å². The van der Waals surface area contributed by atoms with Crippen molar-refractivity contribution in [3.63, 3.8) is 0 Å². The molecule has 0 fully saturated rings. The minimum Gasteiger partial charge on any atom is -0.854 e. The van der Waals surface area contributed by atoms with E-state index in [9.17, 15) is 15.3 Å². The second-order valence-corrected chi connectivity index (χ2v) is 3.17. The van der Waals surface area contributed by atoms with Gasteiger partial charge in [-0.15, -0.1) is 19.8 Å². The van der Waals surface area contributed by atoms with E-state index in [1.165, 1.54) is 0 Å². The molecule has 0 amide bonds. The summed E-state index contributed by atoms with van der Waals surface area (Å²) in [5.41, 5.74) is 0. The summed E-state index contributed by atoms with van der Waals surface area (Å²) in [7, 11) is 0. The first-order valence-electron chi connectivity index (χ1n) is 5.99. The molecule has 0 aromatic heterocycles. The first-order valence-corrected chi connectivity index (χ1v) is 5.99. The van der Waals surface area contributed by atoms with Gasteiger partial charge in [0.05, 0.1) is 0 Å². The summed E-state index contributed by atoms with van der Waals surface area (Å²) in [6, 6.07) is 0.